The Morgan fingerprint density at radius 1 is 0.978 bits per heavy atom. The second-order valence-corrected chi connectivity index (χ2v) is 9.42. The van der Waals surface area contributed by atoms with E-state index in [1.54, 1.807) is 48.2 Å². The summed E-state index contributed by atoms with van der Waals surface area (Å²) in [6.45, 7) is 1.85. The van der Waals surface area contributed by atoms with Gasteiger partial charge in [-0.05, 0) is 61.5 Å². The third kappa shape index (κ3) is 6.69. The van der Waals surface area contributed by atoms with Crippen LogP contribution in [0, 0.1) is 11.6 Å². The molecule has 12 nitrogen and oxygen atoms in total. The number of carboxylic acids is 1. The second kappa shape index (κ2) is 12.9. The highest BCUT2D eigenvalue weighted by Crippen LogP contribution is 2.32. The van der Waals surface area contributed by atoms with Crippen molar-refractivity contribution in [3.05, 3.63) is 136 Å². The highest BCUT2D eigenvalue weighted by molar-refractivity contribution is 5.86. The molecule has 2 aromatic carbocycles. The SMILES string of the molecule is CCn1cc(C(=O)O)c(=O)n(-c2ccc(F)cc2)c1=O.Nc1ccc(Oc2cc(Nc3ccccn3)cn3nccc23)c(F)c1. The fourth-order valence-electron chi connectivity index (χ4n) is 4.24. The van der Waals surface area contributed by atoms with Gasteiger partial charge in [0.1, 0.15) is 22.7 Å². The molecule has 6 rings (SSSR count). The van der Waals surface area contributed by atoms with Gasteiger partial charge in [0.05, 0.1) is 23.8 Å². The number of carboxylic acid groups (broad SMARTS) is 1. The third-order valence-corrected chi connectivity index (χ3v) is 6.40. The summed E-state index contributed by atoms with van der Waals surface area (Å²) in [7, 11) is 0. The van der Waals surface area contributed by atoms with Crippen molar-refractivity contribution in [3.8, 4) is 17.2 Å². The molecule has 6 aromatic rings. The lowest BCUT2D eigenvalue weighted by Gasteiger charge is -2.12. The average Bonchev–Trinajstić information content (AvgIpc) is 3.49. The highest BCUT2D eigenvalue weighted by atomic mass is 19.1. The van der Waals surface area contributed by atoms with Gasteiger partial charge in [0.2, 0.25) is 0 Å². The van der Waals surface area contributed by atoms with Gasteiger partial charge in [-0.25, -0.2) is 32.4 Å². The van der Waals surface area contributed by atoms with Crippen molar-refractivity contribution in [2.75, 3.05) is 11.1 Å². The van der Waals surface area contributed by atoms with Crippen LogP contribution in [0.4, 0.5) is 26.0 Å². The number of hydrogen-bond donors (Lipinski definition) is 3. The maximum atomic E-state index is 14.1. The molecule has 0 aliphatic heterocycles. The van der Waals surface area contributed by atoms with Crippen molar-refractivity contribution in [1.29, 1.82) is 0 Å². The Bertz CT molecular complexity index is 2110. The van der Waals surface area contributed by atoms with Crippen LogP contribution in [-0.4, -0.2) is 34.8 Å². The van der Waals surface area contributed by atoms with Crippen molar-refractivity contribution in [2.24, 2.45) is 0 Å². The van der Waals surface area contributed by atoms with Gasteiger partial charge in [0.25, 0.3) is 5.56 Å². The molecule has 0 aliphatic carbocycles. The van der Waals surface area contributed by atoms with E-state index in [-0.39, 0.29) is 18.0 Å². The molecule has 4 N–H and O–H groups in total. The van der Waals surface area contributed by atoms with E-state index < -0.39 is 34.4 Å². The average molecular weight is 614 g/mol. The lowest BCUT2D eigenvalue weighted by Crippen LogP contribution is -2.41. The van der Waals surface area contributed by atoms with Crippen molar-refractivity contribution >= 4 is 28.7 Å². The van der Waals surface area contributed by atoms with Gasteiger partial charge in [-0.15, -0.1) is 0 Å². The Labute approximate surface area is 253 Å². The number of nitrogens with one attached hydrogen (secondary N) is 1. The Hall–Kier alpha value is -6.31. The van der Waals surface area contributed by atoms with Crippen LogP contribution in [0.3, 0.4) is 0 Å². The van der Waals surface area contributed by atoms with Crippen molar-refractivity contribution in [1.82, 2.24) is 23.7 Å². The maximum Gasteiger partial charge on any atom is 0.342 e. The minimum Gasteiger partial charge on any atom is -0.477 e. The summed E-state index contributed by atoms with van der Waals surface area (Å²) in [5.74, 6) is -1.24. The van der Waals surface area contributed by atoms with E-state index in [1.807, 2.05) is 18.2 Å². The van der Waals surface area contributed by atoms with E-state index in [2.05, 4.69) is 15.4 Å². The number of carbonyl (C=O) groups is 1. The van der Waals surface area contributed by atoms with Crippen LogP contribution >= 0.6 is 0 Å². The van der Waals surface area contributed by atoms with E-state index in [9.17, 15) is 23.2 Å². The molecular weight excluding hydrogens is 588 g/mol. The van der Waals surface area contributed by atoms with E-state index >= 15 is 0 Å². The lowest BCUT2D eigenvalue weighted by atomic mass is 10.3. The maximum absolute atomic E-state index is 14.1. The summed E-state index contributed by atoms with van der Waals surface area (Å²) in [6.07, 6.45) is 6.14. The van der Waals surface area contributed by atoms with Gasteiger partial charge in [-0.3, -0.25) is 9.36 Å². The monoisotopic (exact) mass is 613 g/mol. The van der Waals surface area contributed by atoms with E-state index in [4.69, 9.17) is 15.6 Å². The van der Waals surface area contributed by atoms with E-state index in [1.165, 1.54) is 24.3 Å². The van der Waals surface area contributed by atoms with Crippen molar-refractivity contribution in [3.63, 3.8) is 0 Å². The Morgan fingerprint density at radius 3 is 2.42 bits per heavy atom. The number of benzene rings is 2. The van der Waals surface area contributed by atoms with Crippen LogP contribution in [0.15, 0.2) is 107 Å². The first-order chi connectivity index (χ1) is 21.6. The largest absolute Gasteiger partial charge is 0.477 e. The fraction of sp³-hybridized carbons (Fsp3) is 0.0645. The first-order valence-electron chi connectivity index (χ1n) is 13.4. The number of ether oxygens (including phenoxy) is 1. The number of aryl methyl sites for hydroxylation is 1. The van der Waals surface area contributed by atoms with Gasteiger partial charge in [0, 0.05) is 36.8 Å². The molecule has 0 bridgehead atoms. The zero-order chi connectivity index (χ0) is 32.1. The molecular formula is C31H25F2N7O5. The van der Waals surface area contributed by atoms with E-state index in [0.29, 0.717) is 33.0 Å². The predicted molar refractivity (Wildman–Crippen MR) is 162 cm³/mol. The number of aromatic nitrogens is 5. The van der Waals surface area contributed by atoms with Crippen LogP contribution in [0.2, 0.25) is 0 Å². The molecule has 4 aromatic heterocycles. The topological polar surface area (TPSA) is 159 Å². The predicted octanol–water partition coefficient (Wildman–Crippen LogP) is 4.84. The summed E-state index contributed by atoms with van der Waals surface area (Å²) < 4.78 is 36.2. The summed E-state index contributed by atoms with van der Waals surface area (Å²) in [4.78, 5) is 39.5. The molecule has 0 spiro atoms. The molecule has 0 unspecified atom stereocenters. The molecule has 45 heavy (non-hydrogen) atoms. The van der Waals surface area contributed by atoms with Crippen molar-refractivity contribution in [2.45, 2.75) is 13.5 Å². The molecule has 14 heteroatoms. The smallest absolute Gasteiger partial charge is 0.342 e. The standard InChI is InChI=1S/C18H14FN5O.C13H11FN2O4/c19-14-9-12(20)4-5-16(14)25-17-10-13(11-24-15(17)6-8-22-24)23-18-3-1-2-7-21-18;1-2-15-7-10(12(18)19)11(17)16(13(15)20)9-5-3-8(14)4-6-9/h1-11H,20H2,(H,21,23);3-7H,2H2,1H3,(H,18,19). The third-order valence-electron chi connectivity index (χ3n) is 6.40. The van der Waals surface area contributed by atoms with Gasteiger partial charge in [-0.1, -0.05) is 6.07 Å². The van der Waals surface area contributed by atoms with Crippen LogP contribution < -0.4 is 27.0 Å². The quantitative estimate of drug-likeness (QED) is 0.214. The highest BCUT2D eigenvalue weighted by Gasteiger charge is 2.17. The molecule has 0 atom stereocenters. The fourth-order valence-corrected chi connectivity index (χ4v) is 4.24. The van der Waals surface area contributed by atoms with Gasteiger partial charge in [-0.2, -0.15) is 5.10 Å². The molecule has 0 saturated heterocycles. The number of pyridine rings is 2. The minimum atomic E-state index is -1.42. The van der Waals surface area contributed by atoms with Crippen LogP contribution in [0.25, 0.3) is 11.2 Å². The minimum absolute atomic E-state index is 0.0901. The summed E-state index contributed by atoms with van der Waals surface area (Å²) >= 11 is 0. The van der Waals surface area contributed by atoms with Crippen LogP contribution in [0.1, 0.15) is 17.3 Å². The summed E-state index contributed by atoms with van der Waals surface area (Å²) in [5, 5.41) is 16.4. The summed E-state index contributed by atoms with van der Waals surface area (Å²) in [6, 6.07) is 18.1. The van der Waals surface area contributed by atoms with E-state index in [0.717, 1.165) is 22.9 Å². The number of halogens is 2. The zero-order valence-corrected chi connectivity index (χ0v) is 23.6. The number of fused-ring (bicyclic) bond motifs is 1. The number of aromatic carboxylic acids is 1. The Morgan fingerprint density at radius 2 is 1.76 bits per heavy atom. The molecule has 228 valence electrons. The molecule has 4 heterocycles. The van der Waals surface area contributed by atoms with Gasteiger partial charge in [0.15, 0.2) is 17.3 Å². The molecule has 0 radical (unpaired) electrons. The normalized spacial score (nSPS) is 10.6. The van der Waals surface area contributed by atoms with Crippen molar-refractivity contribution < 1.29 is 23.4 Å². The second-order valence-electron chi connectivity index (χ2n) is 9.42. The van der Waals surface area contributed by atoms with Crippen LogP contribution in [-0.2, 0) is 6.54 Å². The number of nitrogens with two attached hydrogens (primary N) is 1. The molecule has 0 amide bonds. The molecule has 0 saturated carbocycles. The summed E-state index contributed by atoms with van der Waals surface area (Å²) in [5.41, 5.74) is 5.32. The first kappa shape index (κ1) is 30.2. The molecule has 0 aliphatic rings. The molecule has 0 fully saturated rings. The number of nitrogen functional groups attached to an aromatic ring is 1. The Kier molecular flexibility index (Phi) is 8.65. The first-order valence-corrected chi connectivity index (χ1v) is 13.4. The number of nitrogens with zero attached hydrogens (tertiary/aromatic N) is 5. The number of rotatable bonds is 7. The number of hydrogen-bond acceptors (Lipinski definition) is 8. The van der Waals surface area contributed by atoms with Gasteiger partial charge >= 0.3 is 11.7 Å². The zero-order valence-electron chi connectivity index (χ0n) is 23.6. The lowest BCUT2D eigenvalue weighted by molar-refractivity contribution is 0.0693. The van der Waals surface area contributed by atoms with Crippen LogP contribution in [0.5, 0.6) is 11.5 Å². The Balaban J connectivity index is 0.000000183. The number of anilines is 3. The van der Waals surface area contributed by atoms with Gasteiger partial charge < -0.3 is 20.9 Å².